The number of carbonyl (C=O) groups is 5. The van der Waals surface area contributed by atoms with Gasteiger partial charge in [-0.25, -0.2) is 4.79 Å². The third-order valence-electron chi connectivity index (χ3n) is 4.44. The second-order valence-electron chi connectivity index (χ2n) is 6.67. The highest BCUT2D eigenvalue weighted by Gasteiger charge is 2.67. The van der Waals surface area contributed by atoms with Crippen LogP contribution in [0.25, 0.3) is 0 Å². The zero-order valence-electron chi connectivity index (χ0n) is 16.3. The number of fused-ring (bicyclic) bond motifs is 1. The Bertz CT molecular complexity index is 961. The zero-order chi connectivity index (χ0) is 22.8. The van der Waals surface area contributed by atoms with Crippen LogP contribution >= 0.6 is 23.1 Å². The number of nitrogens with one attached hydrogen (secondary N) is 1. The first kappa shape index (κ1) is 22.8. The molecular formula is C18H19N3O8S2. The molecule has 0 aliphatic carbocycles. The van der Waals surface area contributed by atoms with Crippen LogP contribution in [0.4, 0.5) is 0 Å². The van der Waals surface area contributed by atoms with Gasteiger partial charge in [-0.05, 0) is 11.4 Å². The summed E-state index contributed by atoms with van der Waals surface area (Å²) in [6.45, 7) is 0.239. The number of amides is 3. The van der Waals surface area contributed by atoms with Crippen LogP contribution in [0.3, 0.4) is 0 Å². The van der Waals surface area contributed by atoms with E-state index >= 15 is 0 Å². The molecule has 0 bridgehead atoms. The van der Waals surface area contributed by atoms with E-state index in [9.17, 15) is 29.1 Å². The summed E-state index contributed by atoms with van der Waals surface area (Å²) >= 11 is 2.46. The fourth-order valence-corrected chi connectivity index (χ4v) is 5.28. The molecule has 31 heavy (non-hydrogen) atoms. The maximum absolute atomic E-state index is 13.1. The number of hydrogen-bond acceptors (Lipinski definition) is 9. The molecule has 2 aliphatic rings. The summed E-state index contributed by atoms with van der Waals surface area (Å²) < 4.78 is 10.3. The Balaban J connectivity index is 1.87. The van der Waals surface area contributed by atoms with Crippen LogP contribution in [0, 0.1) is 0 Å². The Morgan fingerprint density at radius 2 is 2.13 bits per heavy atom. The lowest BCUT2D eigenvalue weighted by Crippen LogP contribution is -2.81. The number of ether oxygens (including phenoxy) is 2. The maximum Gasteiger partial charge on any atom is 0.352 e. The molecule has 2 atom stereocenters. The molecule has 4 N–H and O–H groups in total. The summed E-state index contributed by atoms with van der Waals surface area (Å²) in [5.41, 5.74) is 3.08. The van der Waals surface area contributed by atoms with Crippen molar-refractivity contribution in [3.8, 4) is 0 Å². The number of nitrogens with two attached hydrogens (primary N) is 1. The third-order valence-corrected chi connectivity index (χ3v) is 6.69. The first-order valence-corrected chi connectivity index (χ1v) is 10.9. The summed E-state index contributed by atoms with van der Waals surface area (Å²) in [6, 6.07) is 3.52. The van der Waals surface area contributed by atoms with Crippen molar-refractivity contribution in [2.24, 2.45) is 5.73 Å². The number of primary amides is 1. The Labute approximate surface area is 184 Å². The van der Waals surface area contributed by atoms with Gasteiger partial charge < -0.3 is 25.6 Å². The molecule has 11 nitrogen and oxygen atoms in total. The number of thiophene rings is 1. The number of β-lactam (4-membered cyclic amide) rings is 1. The summed E-state index contributed by atoms with van der Waals surface area (Å²) in [7, 11) is 0. The fourth-order valence-electron chi connectivity index (χ4n) is 3.18. The minimum Gasteiger partial charge on any atom is -0.477 e. The van der Waals surface area contributed by atoms with Gasteiger partial charge in [0.05, 0.1) is 6.42 Å². The molecule has 1 aromatic rings. The largest absolute Gasteiger partial charge is 0.477 e. The Kier molecular flexibility index (Phi) is 6.67. The number of aliphatic carboxylic acids is 1. The molecule has 0 saturated carbocycles. The molecule has 3 rings (SSSR count). The predicted molar refractivity (Wildman–Crippen MR) is 108 cm³/mol. The van der Waals surface area contributed by atoms with E-state index in [0.29, 0.717) is 0 Å². The van der Waals surface area contributed by atoms with Gasteiger partial charge in [0.15, 0.2) is 0 Å². The molecular weight excluding hydrogens is 450 g/mol. The van der Waals surface area contributed by atoms with Gasteiger partial charge in [-0.2, -0.15) is 0 Å². The van der Waals surface area contributed by atoms with E-state index in [1.54, 1.807) is 17.5 Å². The highest BCUT2D eigenvalue weighted by atomic mass is 32.2. The zero-order valence-corrected chi connectivity index (χ0v) is 17.9. The van der Waals surface area contributed by atoms with Gasteiger partial charge in [0.2, 0.25) is 11.8 Å². The van der Waals surface area contributed by atoms with Crippen molar-refractivity contribution >= 4 is 52.8 Å². The second kappa shape index (κ2) is 9.08. The Hall–Kier alpha value is -2.90. The molecule has 3 amide bonds. The molecule has 1 fully saturated rings. The van der Waals surface area contributed by atoms with Gasteiger partial charge >= 0.3 is 11.9 Å². The van der Waals surface area contributed by atoms with Crippen LogP contribution in [0.5, 0.6) is 0 Å². The summed E-state index contributed by atoms with van der Waals surface area (Å²) in [6.07, 6.45) is -0.0245. The van der Waals surface area contributed by atoms with Crippen molar-refractivity contribution in [1.82, 2.24) is 10.2 Å². The van der Waals surface area contributed by atoms with Crippen molar-refractivity contribution in [2.45, 2.75) is 24.4 Å². The van der Waals surface area contributed by atoms with Gasteiger partial charge in [-0.3, -0.25) is 24.1 Å². The van der Waals surface area contributed by atoms with Crippen LogP contribution in [0.15, 0.2) is 28.8 Å². The molecule has 13 heteroatoms. The van der Waals surface area contributed by atoms with Gasteiger partial charge in [-0.15, -0.1) is 23.1 Å². The van der Waals surface area contributed by atoms with E-state index < -0.39 is 47.4 Å². The van der Waals surface area contributed by atoms with Crippen molar-refractivity contribution in [3.63, 3.8) is 0 Å². The monoisotopic (exact) mass is 469 g/mol. The SMILES string of the molecule is CC(=O)OCC1=C(C(=O)O)N2C(=O)[C@](NC(=O)Cc3cccs3)(OCC(N)=O)[C@H]2SC1. The van der Waals surface area contributed by atoms with Gasteiger partial charge in [0, 0.05) is 23.1 Å². The standard InChI is InChI=1S/C18H19N3O8S2/c1-9(22)28-6-10-8-31-17-18(29-7-12(19)23,16(27)21(17)14(10)15(25)26)20-13(24)5-11-3-2-4-30-11/h2-4,17H,5-8H2,1H3,(H2,19,23)(H,20,24)(H,25,26)/t17-,18+/m1/s1. The number of esters is 1. The van der Waals surface area contributed by atoms with Crippen molar-refractivity contribution in [1.29, 1.82) is 0 Å². The minimum absolute atomic E-state index is 0.0245. The van der Waals surface area contributed by atoms with Crippen molar-refractivity contribution in [3.05, 3.63) is 33.7 Å². The number of carbonyl (C=O) groups excluding carboxylic acids is 4. The van der Waals surface area contributed by atoms with E-state index in [-0.39, 0.29) is 30.1 Å². The number of thioether (sulfide) groups is 1. The minimum atomic E-state index is -1.94. The van der Waals surface area contributed by atoms with Crippen LogP contribution in [-0.2, 0) is 39.9 Å². The van der Waals surface area contributed by atoms with E-state index in [2.05, 4.69) is 5.32 Å². The van der Waals surface area contributed by atoms with Gasteiger partial charge in [-0.1, -0.05) is 6.07 Å². The molecule has 1 aromatic heterocycles. The number of rotatable bonds is 9. The molecule has 0 unspecified atom stereocenters. The third kappa shape index (κ3) is 4.57. The van der Waals surface area contributed by atoms with E-state index in [1.807, 2.05) is 0 Å². The Morgan fingerprint density at radius 3 is 2.71 bits per heavy atom. The first-order chi connectivity index (χ1) is 14.7. The van der Waals surface area contributed by atoms with Gasteiger partial charge in [0.25, 0.3) is 11.6 Å². The summed E-state index contributed by atoms with van der Waals surface area (Å²) in [5.74, 6) is -4.14. The van der Waals surface area contributed by atoms with E-state index in [4.69, 9.17) is 15.2 Å². The van der Waals surface area contributed by atoms with E-state index in [0.717, 1.165) is 21.5 Å². The fraction of sp³-hybridized carbons (Fsp3) is 0.389. The Morgan fingerprint density at radius 1 is 1.39 bits per heavy atom. The second-order valence-corrected chi connectivity index (χ2v) is 8.77. The average Bonchev–Trinajstić information content (AvgIpc) is 3.20. The van der Waals surface area contributed by atoms with Crippen LogP contribution in [-0.4, -0.2) is 69.7 Å². The first-order valence-electron chi connectivity index (χ1n) is 8.95. The highest BCUT2D eigenvalue weighted by molar-refractivity contribution is 8.00. The van der Waals surface area contributed by atoms with Crippen LogP contribution in [0.2, 0.25) is 0 Å². The molecule has 0 radical (unpaired) electrons. The summed E-state index contributed by atoms with van der Waals surface area (Å²) in [5, 5.41) is 13.0. The van der Waals surface area contributed by atoms with Crippen LogP contribution in [0.1, 0.15) is 11.8 Å². The molecule has 166 valence electrons. The number of hydrogen-bond donors (Lipinski definition) is 3. The molecule has 0 aromatic carbocycles. The summed E-state index contributed by atoms with van der Waals surface area (Å²) in [4.78, 5) is 61.6. The number of nitrogens with zero attached hydrogens (tertiary/aromatic N) is 1. The normalized spacial score (nSPS) is 22.4. The average molecular weight is 469 g/mol. The quantitative estimate of drug-likeness (QED) is 0.244. The lowest BCUT2D eigenvalue weighted by Gasteiger charge is -2.56. The van der Waals surface area contributed by atoms with Crippen LogP contribution < -0.4 is 11.1 Å². The molecule has 2 aliphatic heterocycles. The maximum atomic E-state index is 13.1. The molecule has 3 heterocycles. The molecule has 1 saturated heterocycles. The lowest BCUT2D eigenvalue weighted by molar-refractivity contribution is -0.198. The number of carboxylic acid groups (broad SMARTS) is 1. The molecule has 0 spiro atoms. The highest BCUT2D eigenvalue weighted by Crippen LogP contribution is 2.47. The van der Waals surface area contributed by atoms with Crippen molar-refractivity contribution in [2.75, 3.05) is 19.0 Å². The van der Waals surface area contributed by atoms with E-state index in [1.165, 1.54) is 18.3 Å². The topological polar surface area (TPSA) is 165 Å². The van der Waals surface area contributed by atoms with Gasteiger partial charge in [0.1, 0.15) is 24.3 Å². The predicted octanol–water partition coefficient (Wildman–Crippen LogP) is -0.578. The smallest absolute Gasteiger partial charge is 0.352 e. The number of carboxylic acids is 1. The lowest BCUT2D eigenvalue weighted by atomic mass is 9.97. The van der Waals surface area contributed by atoms with Crippen molar-refractivity contribution < 1.29 is 38.6 Å².